The van der Waals surface area contributed by atoms with Crippen LogP contribution in [0.25, 0.3) is 0 Å². The Bertz CT molecular complexity index is 1090. The number of esters is 1. The standard InChI is InChI=1S/C24H29NO5S/c1-15-16(2)18(4)23(19(5)17(15)3)24(27)30-13-22(26)25(20-9-7-6-8-10-20)21-11-12-31(28,29)14-21/h6-10,21H,11-14H2,1-5H3. The molecule has 0 radical (unpaired) electrons. The van der Waals surface area contributed by atoms with E-state index >= 15 is 0 Å². The van der Waals surface area contributed by atoms with Gasteiger partial charge in [0, 0.05) is 5.69 Å². The largest absolute Gasteiger partial charge is 0.452 e. The molecule has 1 heterocycles. The smallest absolute Gasteiger partial charge is 0.339 e. The average molecular weight is 444 g/mol. The molecule has 31 heavy (non-hydrogen) atoms. The molecule has 1 fully saturated rings. The molecule has 6 nitrogen and oxygen atoms in total. The summed E-state index contributed by atoms with van der Waals surface area (Å²) in [4.78, 5) is 27.5. The van der Waals surface area contributed by atoms with E-state index in [9.17, 15) is 18.0 Å². The molecule has 1 atom stereocenters. The van der Waals surface area contributed by atoms with E-state index in [-0.39, 0.29) is 11.5 Å². The molecule has 2 aromatic rings. The molecule has 7 heteroatoms. The van der Waals surface area contributed by atoms with Crippen LogP contribution in [0.3, 0.4) is 0 Å². The fraction of sp³-hybridized carbons (Fsp3) is 0.417. The lowest BCUT2D eigenvalue weighted by atomic mass is 9.90. The van der Waals surface area contributed by atoms with E-state index in [2.05, 4.69) is 0 Å². The van der Waals surface area contributed by atoms with Crippen molar-refractivity contribution in [2.45, 2.75) is 47.1 Å². The van der Waals surface area contributed by atoms with Gasteiger partial charge in [-0.1, -0.05) is 18.2 Å². The van der Waals surface area contributed by atoms with Crippen molar-refractivity contribution in [3.05, 3.63) is 63.7 Å². The first-order chi connectivity index (χ1) is 14.5. The summed E-state index contributed by atoms with van der Waals surface area (Å²) in [6.07, 6.45) is 0.367. The lowest BCUT2D eigenvalue weighted by molar-refractivity contribution is -0.122. The van der Waals surface area contributed by atoms with Crippen LogP contribution in [0.5, 0.6) is 0 Å². The van der Waals surface area contributed by atoms with Crippen molar-refractivity contribution in [1.82, 2.24) is 0 Å². The molecule has 1 saturated heterocycles. The van der Waals surface area contributed by atoms with E-state index in [0.717, 1.165) is 27.8 Å². The van der Waals surface area contributed by atoms with E-state index in [1.165, 1.54) is 4.90 Å². The van der Waals surface area contributed by atoms with Gasteiger partial charge in [-0.3, -0.25) is 4.79 Å². The second kappa shape index (κ2) is 8.83. The van der Waals surface area contributed by atoms with Gasteiger partial charge >= 0.3 is 5.97 Å². The zero-order chi connectivity index (χ0) is 22.9. The second-order valence-electron chi connectivity index (χ2n) is 8.23. The van der Waals surface area contributed by atoms with Crippen molar-refractivity contribution < 1.29 is 22.7 Å². The first kappa shape index (κ1) is 23.0. The van der Waals surface area contributed by atoms with E-state index in [1.54, 1.807) is 24.3 Å². The third-order valence-electron chi connectivity index (χ3n) is 6.41. The highest BCUT2D eigenvalue weighted by atomic mass is 32.2. The molecule has 0 aromatic heterocycles. The van der Waals surface area contributed by atoms with Crippen molar-refractivity contribution in [2.75, 3.05) is 23.0 Å². The van der Waals surface area contributed by atoms with Gasteiger partial charge in [0.2, 0.25) is 0 Å². The third kappa shape index (κ3) is 4.66. The summed E-state index contributed by atoms with van der Waals surface area (Å²) in [5.74, 6) is -1.01. The number of benzene rings is 2. The van der Waals surface area contributed by atoms with Crippen LogP contribution in [0, 0.1) is 34.6 Å². The zero-order valence-electron chi connectivity index (χ0n) is 18.7. The maximum Gasteiger partial charge on any atom is 0.339 e. The molecule has 0 saturated carbocycles. The number of para-hydroxylation sites is 1. The van der Waals surface area contributed by atoms with Crippen molar-refractivity contribution >= 4 is 27.4 Å². The van der Waals surface area contributed by atoms with E-state index in [1.807, 2.05) is 40.7 Å². The lowest BCUT2D eigenvalue weighted by Gasteiger charge is -2.28. The number of hydrogen-bond acceptors (Lipinski definition) is 5. The monoisotopic (exact) mass is 443 g/mol. The molecule has 0 spiro atoms. The SMILES string of the molecule is Cc1c(C)c(C)c(C(=O)OCC(=O)N(c2ccccc2)C2CCS(=O)(=O)C2)c(C)c1C. The molecule has 1 aliphatic heterocycles. The van der Waals surface area contributed by atoms with Crippen molar-refractivity contribution in [3.8, 4) is 0 Å². The summed E-state index contributed by atoms with van der Waals surface area (Å²) in [7, 11) is -3.18. The Morgan fingerprint density at radius 1 is 0.935 bits per heavy atom. The van der Waals surface area contributed by atoms with Crippen LogP contribution < -0.4 is 4.90 Å². The minimum absolute atomic E-state index is 0.0500. The fourth-order valence-corrected chi connectivity index (χ4v) is 5.90. The minimum atomic E-state index is -3.18. The van der Waals surface area contributed by atoms with Crippen LogP contribution in [0.15, 0.2) is 30.3 Å². The summed E-state index contributed by atoms with van der Waals surface area (Å²) >= 11 is 0. The van der Waals surface area contributed by atoms with Crippen LogP contribution in [0.1, 0.15) is 44.6 Å². The van der Waals surface area contributed by atoms with Gasteiger partial charge in [-0.05, 0) is 81.0 Å². The first-order valence-corrected chi connectivity index (χ1v) is 12.2. The van der Waals surface area contributed by atoms with Crippen LogP contribution in [0.4, 0.5) is 5.69 Å². The number of anilines is 1. The summed E-state index contributed by atoms with van der Waals surface area (Å²) in [5, 5.41) is 0. The van der Waals surface area contributed by atoms with E-state index in [0.29, 0.717) is 17.7 Å². The van der Waals surface area contributed by atoms with Crippen molar-refractivity contribution in [2.24, 2.45) is 0 Å². The number of sulfone groups is 1. The summed E-state index contributed by atoms with van der Waals surface area (Å²) in [6, 6.07) is 8.44. The number of amides is 1. The fourth-order valence-electron chi connectivity index (χ4n) is 4.20. The predicted octanol–water partition coefficient (Wildman–Crippen LogP) is 3.61. The van der Waals surface area contributed by atoms with Gasteiger partial charge in [-0.2, -0.15) is 0 Å². The topological polar surface area (TPSA) is 80.8 Å². The quantitative estimate of drug-likeness (QED) is 0.660. The van der Waals surface area contributed by atoms with Gasteiger partial charge in [0.15, 0.2) is 16.4 Å². The molecular weight excluding hydrogens is 414 g/mol. The molecular formula is C24H29NO5S. The van der Waals surface area contributed by atoms with Crippen molar-refractivity contribution in [1.29, 1.82) is 0 Å². The number of rotatable bonds is 5. The minimum Gasteiger partial charge on any atom is -0.452 e. The molecule has 3 rings (SSSR count). The number of carbonyl (C=O) groups excluding carboxylic acids is 2. The van der Waals surface area contributed by atoms with Crippen molar-refractivity contribution in [3.63, 3.8) is 0 Å². The molecule has 1 unspecified atom stereocenters. The Hall–Kier alpha value is -2.67. The highest BCUT2D eigenvalue weighted by molar-refractivity contribution is 7.91. The van der Waals surface area contributed by atoms with Gasteiger partial charge in [0.25, 0.3) is 5.91 Å². The molecule has 0 aliphatic carbocycles. The Morgan fingerprint density at radius 3 is 2.00 bits per heavy atom. The third-order valence-corrected chi connectivity index (χ3v) is 8.16. The number of carbonyl (C=O) groups is 2. The summed E-state index contributed by atoms with van der Waals surface area (Å²) in [5.41, 5.74) is 5.98. The Labute approximate surface area is 184 Å². The molecule has 1 amide bonds. The number of hydrogen-bond donors (Lipinski definition) is 0. The molecule has 0 N–H and O–H groups in total. The first-order valence-electron chi connectivity index (χ1n) is 10.3. The maximum absolute atomic E-state index is 13.1. The van der Waals surface area contributed by atoms with E-state index in [4.69, 9.17) is 4.74 Å². The number of ether oxygens (including phenoxy) is 1. The zero-order valence-corrected chi connectivity index (χ0v) is 19.5. The van der Waals surface area contributed by atoms with Crippen LogP contribution in [-0.4, -0.2) is 44.4 Å². The Morgan fingerprint density at radius 2 is 1.48 bits per heavy atom. The average Bonchev–Trinajstić information content (AvgIpc) is 3.09. The molecule has 166 valence electrons. The predicted molar refractivity (Wildman–Crippen MR) is 121 cm³/mol. The summed E-state index contributed by atoms with van der Waals surface area (Å²) in [6.45, 7) is 9.28. The lowest BCUT2D eigenvalue weighted by Crippen LogP contribution is -2.43. The molecule has 1 aliphatic rings. The van der Waals surface area contributed by atoms with Gasteiger partial charge < -0.3 is 9.64 Å². The van der Waals surface area contributed by atoms with Crippen LogP contribution in [-0.2, 0) is 19.4 Å². The maximum atomic E-state index is 13.1. The van der Waals surface area contributed by atoms with Gasteiger partial charge in [-0.25, -0.2) is 13.2 Å². The molecule has 0 bridgehead atoms. The van der Waals surface area contributed by atoms with Gasteiger partial charge in [0.1, 0.15) is 0 Å². The van der Waals surface area contributed by atoms with E-state index < -0.39 is 34.4 Å². The van der Waals surface area contributed by atoms with Crippen LogP contribution >= 0.6 is 0 Å². The Kier molecular flexibility index (Phi) is 6.55. The highest BCUT2D eigenvalue weighted by Crippen LogP contribution is 2.27. The Balaban J connectivity index is 1.83. The van der Waals surface area contributed by atoms with Gasteiger partial charge in [-0.15, -0.1) is 0 Å². The van der Waals surface area contributed by atoms with Crippen LogP contribution in [0.2, 0.25) is 0 Å². The molecule has 2 aromatic carbocycles. The second-order valence-corrected chi connectivity index (χ2v) is 10.5. The van der Waals surface area contributed by atoms with Gasteiger partial charge in [0.05, 0.1) is 23.1 Å². The summed E-state index contributed by atoms with van der Waals surface area (Å²) < 4.78 is 29.4. The highest BCUT2D eigenvalue weighted by Gasteiger charge is 2.36. The number of nitrogens with zero attached hydrogens (tertiary/aromatic N) is 1. The normalized spacial score (nSPS) is 17.4.